The largest absolute Gasteiger partial charge is 0.507 e. The third-order valence-corrected chi connectivity index (χ3v) is 5.38. The summed E-state index contributed by atoms with van der Waals surface area (Å²) >= 11 is 5.94. The smallest absolute Gasteiger partial charge is 0.301 e. The van der Waals surface area contributed by atoms with Crippen LogP contribution in [0.25, 0.3) is 5.76 Å². The van der Waals surface area contributed by atoms with Gasteiger partial charge in [0.2, 0.25) is 0 Å². The van der Waals surface area contributed by atoms with Crippen molar-refractivity contribution in [1.29, 1.82) is 0 Å². The van der Waals surface area contributed by atoms with Crippen LogP contribution in [0.15, 0.2) is 64.7 Å². The van der Waals surface area contributed by atoms with Crippen molar-refractivity contribution in [3.05, 3.63) is 87.6 Å². The number of nitrogens with zero attached hydrogens (tertiary/aromatic N) is 2. The fourth-order valence-electron chi connectivity index (χ4n) is 3.55. The monoisotopic (exact) mass is 422 g/mol. The number of ketones is 1. The molecule has 0 unspecified atom stereocenters. The van der Waals surface area contributed by atoms with Crippen LogP contribution in [-0.2, 0) is 16.0 Å². The summed E-state index contributed by atoms with van der Waals surface area (Å²) in [5.41, 5.74) is 2.18. The first kappa shape index (κ1) is 19.9. The second-order valence-electron chi connectivity index (χ2n) is 7.07. The number of rotatable bonds is 4. The van der Waals surface area contributed by atoms with Crippen molar-refractivity contribution >= 4 is 34.9 Å². The van der Waals surface area contributed by atoms with Crippen molar-refractivity contribution in [3.63, 3.8) is 0 Å². The van der Waals surface area contributed by atoms with Gasteiger partial charge in [-0.05, 0) is 48.7 Å². The van der Waals surface area contributed by atoms with E-state index in [2.05, 4.69) is 5.16 Å². The Morgan fingerprint density at radius 3 is 2.37 bits per heavy atom. The molecule has 1 aromatic heterocycles. The normalized spacial score (nSPS) is 18.2. The molecule has 1 amide bonds. The van der Waals surface area contributed by atoms with Crippen molar-refractivity contribution in [2.24, 2.45) is 0 Å². The summed E-state index contributed by atoms with van der Waals surface area (Å²) in [6, 6.07) is 14.7. The molecule has 1 N–H and O–H groups in total. The predicted octanol–water partition coefficient (Wildman–Crippen LogP) is 4.83. The first-order valence-electron chi connectivity index (χ1n) is 9.49. The van der Waals surface area contributed by atoms with Crippen LogP contribution >= 0.6 is 11.6 Å². The molecule has 152 valence electrons. The Balaban J connectivity index is 1.92. The molecule has 1 saturated heterocycles. The van der Waals surface area contributed by atoms with E-state index in [4.69, 9.17) is 16.1 Å². The minimum absolute atomic E-state index is 0.00720. The number of aliphatic hydroxyl groups excluding tert-OH is 1. The molecule has 1 aliphatic heterocycles. The quantitative estimate of drug-likeness (QED) is 0.370. The van der Waals surface area contributed by atoms with Gasteiger partial charge in [0.1, 0.15) is 11.5 Å². The van der Waals surface area contributed by atoms with Gasteiger partial charge in [0, 0.05) is 16.7 Å². The Morgan fingerprint density at radius 1 is 1.13 bits per heavy atom. The molecule has 1 aliphatic rings. The van der Waals surface area contributed by atoms with Gasteiger partial charge in [-0.15, -0.1) is 0 Å². The lowest BCUT2D eigenvalue weighted by Gasteiger charge is -2.23. The van der Waals surface area contributed by atoms with E-state index in [-0.39, 0.29) is 17.2 Å². The first-order valence-corrected chi connectivity index (χ1v) is 9.87. The van der Waals surface area contributed by atoms with Gasteiger partial charge in [0.15, 0.2) is 5.82 Å². The van der Waals surface area contributed by atoms with E-state index in [1.165, 1.54) is 4.90 Å². The molecule has 7 heteroatoms. The molecular weight excluding hydrogens is 404 g/mol. The molecule has 2 heterocycles. The van der Waals surface area contributed by atoms with Crippen LogP contribution in [0.5, 0.6) is 0 Å². The number of aryl methyl sites for hydroxylation is 2. The lowest BCUT2D eigenvalue weighted by molar-refractivity contribution is -0.132. The van der Waals surface area contributed by atoms with Gasteiger partial charge >= 0.3 is 5.91 Å². The molecule has 0 saturated carbocycles. The maximum absolute atomic E-state index is 13.0. The molecule has 6 nitrogen and oxygen atoms in total. The van der Waals surface area contributed by atoms with Crippen LogP contribution in [-0.4, -0.2) is 22.0 Å². The number of Topliss-reactive ketones (excluding diaryl/α,β-unsaturated/α-hetero) is 1. The second-order valence-corrected chi connectivity index (χ2v) is 7.50. The molecule has 30 heavy (non-hydrogen) atoms. The van der Waals surface area contributed by atoms with Gasteiger partial charge in [0.05, 0.1) is 11.6 Å². The highest BCUT2D eigenvalue weighted by Crippen LogP contribution is 2.42. The van der Waals surface area contributed by atoms with Crippen molar-refractivity contribution < 1.29 is 19.2 Å². The number of aromatic nitrogens is 1. The summed E-state index contributed by atoms with van der Waals surface area (Å²) < 4.78 is 5.13. The maximum atomic E-state index is 13.0. The Morgan fingerprint density at radius 2 is 1.80 bits per heavy atom. The highest BCUT2D eigenvalue weighted by molar-refractivity contribution is 6.51. The lowest BCUT2D eigenvalue weighted by Crippen LogP contribution is -2.29. The number of carbonyl (C=O) groups is 2. The number of hydrogen-bond acceptors (Lipinski definition) is 5. The molecular formula is C23H19ClN2O4. The summed E-state index contributed by atoms with van der Waals surface area (Å²) in [5.74, 6) is -1.10. The molecule has 3 aromatic rings. The molecule has 4 rings (SSSR count). The summed E-state index contributed by atoms with van der Waals surface area (Å²) in [4.78, 5) is 27.2. The van der Waals surface area contributed by atoms with Crippen LogP contribution in [0, 0.1) is 6.92 Å². The number of amides is 1. The topological polar surface area (TPSA) is 83.6 Å². The number of benzene rings is 2. The van der Waals surface area contributed by atoms with E-state index < -0.39 is 17.7 Å². The average Bonchev–Trinajstić information content (AvgIpc) is 3.29. The first-order chi connectivity index (χ1) is 14.4. The summed E-state index contributed by atoms with van der Waals surface area (Å²) in [6.07, 6.45) is 0.855. The molecule has 0 bridgehead atoms. The van der Waals surface area contributed by atoms with Gasteiger partial charge in [-0.3, -0.25) is 14.5 Å². The number of aliphatic hydroxyl groups is 1. The fourth-order valence-corrected chi connectivity index (χ4v) is 3.68. The lowest BCUT2D eigenvalue weighted by atomic mass is 9.94. The van der Waals surface area contributed by atoms with Crippen molar-refractivity contribution in [2.45, 2.75) is 26.3 Å². The van der Waals surface area contributed by atoms with Gasteiger partial charge < -0.3 is 9.63 Å². The summed E-state index contributed by atoms with van der Waals surface area (Å²) in [5, 5.41) is 15.4. The maximum Gasteiger partial charge on any atom is 0.301 e. The Bertz CT molecular complexity index is 1150. The highest BCUT2D eigenvalue weighted by atomic mass is 35.5. The Hall–Kier alpha value is -3.38. The predicted molar refractivity (Wildman–Crippen MR) is 113 cm³/mol. The van der Waals surface area contributed by atoms with Crippen molar-refractivity contribution in [3.8, 4) is 0 Å². The second kappa shape index (κ2) is 7.80. The Kier molecular flexibility index (Phi) is 5.18. The minimum Gasteiger partial charge on any atom is -0.507 e. The van der Waals surface area contributed by atoms with Gasteiger partial charge in [-0.25, -0.2) is 0 Å². The zero-order valence-corrected chi connectivity index (χ0v) is 17.2. The minimum atomic E-state index is -0.837. The van der Waals surface area contributed by atoms with Crippen LogP contribution < -0.4 is 4.90 Å². The summed E-state index contributed by atoms with van der Waals surface area (Å²) in [7, 11) is 0. The van der Waals surface area contributed by atoms with E-state index in [0.717, 1.165) is 12.0 Å². The van der Waals surface area contributed by atoms with Crippen molar-refractivity contribution in [1.82, 2.24) is 5.16 Å². The van der Waals surface area contributed by atoms with E-state index >= 15 is 0 Å². The molecule has 0 radical (unpaired) electrons. The van der Waals surface area contributed by atoms with E-state index in [1.54, 1.807) is 37.3 Å². The molecule has 1 atom stereocenters. The van der Waals surface area contributed by atoms with Crippen LogP contribution in [0.4, 0.5) is 5.82 Å². The van der Waals surface area contributed by atoms with Crippen molar-refractivity contribution in [2.75, 3.05) is 4.90 Å². The van der Waals surface area contributed by atoms with Gasteiger partial charge in [-0.1, -0.05) is 47.9 Å². The van der Waals surface area contributed by atoms with E-state index in [0.29, 0.717) is 21.9 Å². The number of hydrogen-bond donors (Lipinski definition) is 1. The van der Waals surface area contributed by atoms with Gasteiger partial charge in [0.25, 0.3) is 5.78 Å². The zero-order valence-electron chi connectivity index (χ0n) is 16.4. The fraction of sp³-hybridized carbons (Fsp3) is 0.174. The molecule has 0 spiro atoms. The molecule has 1 fully saturated rings. The molecule has 0 aliphatic carbocycles. The van der Waals surface area contributed by atoms with E-state index in [1.807, 2.05) is 31.2 Å². The van der Waals surface area contributed by atoms with Crippen LogP contribution in [0.1, 0.15) is 35.4 Å². The SMILES string of the molecule is CCc1ccc([C@H]2/C(=C(\O)c3ccc(Cl)cc3)C(=O)C(=O)N2c2cc(C)on2)cc1. The third-order valence-electron chi connectivity index (χ3n) is 5.13. The van der Waals surface area contributed by atoms with E-state index in [9.17, 15) is 14.7 Å². The number of halogens is 1. The third kappa shape index (κ3) is 3.39. The Labute approximate surface area is 178 Å². The highest BCUT2D eigenvalue weighted by Gasteiger charge is 2.48. The zero-order chi connectivity index (χ0) is 21.4. The summed E-state index contributed by atoms with van der Waals surface area (Å²) in [6.45, 7) is 3.74. The average molecular weight is 423 g/mol. The van der Waals surface area contributed by atoms with Crippen LogP contribution in [0.2, 0.25) is 5.02 Å². The number of carbonyl (C=O) groups excluding carboxylic acids is 2. The molecule has 2 aromatic carbocycles. The number of anilines is 1. The standard InChI is InChI=1S/C23H19ClN2O4/c1-3-14-4-6-15(7-5-14)20-19(21(27)16-8-10-17(24)11-9-16)22(28)23(29)26(20)18-12-13(2)30-25-18/h4-12,20,27H,3H2,1-2H3/b21-19+/t20-/m0/s1. The van der Waals surface area contributed by atoms with Gasteiger partial charge in [-0.2, -0.15) is 0 Å². The van der Waals surface area contributed by atoms with Crippen LogP contribution in [0.3, 0.4) is 0 Å².